The Morgan fingerprint density at radius 1 is 1.41 bits per heavy atom. The highest BCUT2D eigenvalue weighted by Gasteiger charge is 2.63. The van der Waals surface area contributed by atoms with Gasteiger partial charge in [0.25, 0.3) is 11.6 Å². The predicted molar refractivity (Wildman–Crippen MR) is 72.5 cm³/mol. The van der Waals surface area contributed by atoms with Gasteiger partial charge in [-0.1, -0.05) is 6.92 Å². The van der Waals surface area contributed by atoms with E-state index in [9.17, 15) is 23.1 Å². The lowest BCUT2D eigenvalue weighted by Crippen LogP contribution is -2.56. The molecule has 0 radical (unpaired) electrons. The molecule has 1 aliphatic heterocycles. The van der Waals surface area contributed by atoms with Crippen molar-refractivity contribution >= 4 is 11.6 Å². The average molecular weight is 316 g/mol. The maximum atomic E-state index is 13.2. The molecule has 0 saturated heterocycles. The summed E-state index contributed by atoms with van der Waals surface area (Å²) in [5.41, 5.74) is -3.22. The average Bonchev–Trinajstić information content (AvgIpc) is 2.85. The van der Waals surface area contributed by atoms with Crippen LogP contribution in [0.1, 0.15) is 30.1 Å². The minimum Gasteiger partial charge on any atom is -0.497 e. The van der Waals surface area contributed by atoms with Gasteiger partial charge < -0.3 is 9.84 Å². The lowest BCUT2D eigenvalue weighted by atomic mass is 10.0. The lowest BCUT2D eigenvalue weighted by Gasteiger charge is -2.32. The summed E-state index contributed by atoms with van der Waals surface area (Å²) in [6.45, 7) is 1.61. The summed E-state index contributed by atoms with van der Waals surface area (Å²) in [7, 11) is 1.43. The number of amides is 1. The number of benzene rings is 1. The highest BCUT2D eigenvalue weighted by Crippen LogP contribution is 2.41. The van der Waals surface area contributed by atoms with Gasteiger partial charge in [0.1, 0.15) is 5.75 Å². The minimum atomic E-state index is -5.00. The fourth-order valence-electron chi connectivity index (χ4n) is 2.10. The van der Waals surface area contributed by atoms with Crippen molar-refractivity contribution in [2.75, 3.05) is 7.11 Å². The highest BCUT2D eigenvalue weighted by molar-refractivity contribution is 5.98. The zero-order chi connectivity index (χ0) is 16.5. The first-order valence-corrected chi connectivity index (χ1v) is 6.57. The summed E-state index contributed by atoms with van der Waals surface area (Å²) in [5.74, 6) is -0.562. The van der Waals surface area contributed by atoms with Gasteiger partial charge in [-0.05, 0) is 30.7 Å². The van der Waals surface area contributed by atoms with Crippen LogP contribution in [0.25, 0.3) is 0 Å². The van der Waals surface area contributed by atoms with Crippen molar-refractivity contribution in [1.29, 1.82) is 0 Å². The number of hydrogen-bond donors (Lipinski definition) is 1. The maximum Gasteiger partial charge on any atom is 0.438 e. The van der Waals surface area contributed by atoms with Crippen LogP contribution < -0.4 is 4.74 Å². The second-order valence-corrected chi connectivity index (χ2v) is 4.86. The first-order valence-electron chi connectivity index (χ1n) is 6.57. The van der Waals surface area contributed by atoms with Crippen molar-refractivity contribution in [3.05, 3.63) is 29.8 Å². The van der Waals surface area contributed by atoms with E-state index in [1.807, 2.05) is 0 Å². The maximum absolute atomic E-state index is 13.2. The van der Waals surface area contributed by atoms with E-state index in [1.54, 1.807) is 6.92 Å². The molecule has 0 aromatic heterocycles. The molecule has 1 aromatic carbocycles. The molecule has 0 saturated carbocycles. The number of methoxy groups -OCH3 is 1. The van der Waals surface area contributed by atoms with E-state index in [0.717, 1.165) is 0 Å². The van der Waals surface area contributed by atoms with Gasteiger partial charge in [0.05, 0.1) is 7.11 Å². The number of hydrazone groups is 1. The Balaban J connectivity index is 2.37. The third-order valence-electron chi connectivity index (χ3n) is 3.43. The summed E-state index contributed by atoms with van der Waals surface area (Å²) in [4.78, 5) is 12.3. The summed E-state index contributed by atoms with van der Waals surface area (Å²) in [6, 6.07) is 5.52. The largest absolute Gasteiger partial charge is 0.497 e. The Bertz CT molecular complexity index is 598. The summed E-state index contributed by atoms with van der Waals surface area (Å²) in [5, 5.41) is 13.7. The molecule has 2 rings (SSSR count). The lowest BCUT2D eigenvalue weighted by molar-refractivity contribution is -0.297. The first kappa shape index (κ1) is 16.3. The minimum absolute atomic E-state index is 0.0235. The second kappa shape index (κ2) is 5.60. The zero-order valence-corrected chi connectivity index (χ0v) is 12.0. The van der Waals surface area contributed by atoms with Crippen molar-refractivity contribution in [3.63, 3.8) is 0 Å². The van der Waals surface area contributed by atoms with Gasteiger partial charge in [-0.25, -0.2) is 0 Å². The molecule has 8 heteroatoms. The molecule has 0 aliphatic carbocycles. The van der Waals surface area contributed by atoms with Gasteiger partial charge >= 0.3 is 6.18 Å². The quantitative estimate of drug-likeness (QED) is 0.932. The van der Waals surface area contributed by atoms with Crippen molar-refractivity contribution in [2.24, 2.45) is 5.10 Å². The van der Waals surface area contributed by atoms with E-state index in [-0.39, 0.29) is 22.7 Å². The molecule has 0 fully saturated rings. The van der Waals surface area contributed by atoms with E-state index < -0.39 is 24.2 Å². The fourth-order valence-corrected chi connectivity index (χ4v) is 2.10. The Labute approximate surface area is 125 Å². The molecular formula is C14H15F3N2O3. The van der Waals surface area contributed by atoms with Crippen LogP contribution in [0.4, 0.5) is 13.2 Å². The fraction of sp³-hybridized carbons (Fsp3) is 0.429. The second-order valence-electron chi connectivity index (χ2n) is 4.86. The normalized spacial score (nSPS) is 21.7. The van der Waals surface area contributed by atoms with Gasteiger partial charge in [-0.15, -0.1) is 0 Å². The molecule has 0 unspecified atom stereocenters. The summed E-state index contributed by atoms with van der Waals surface area (Å²) in [6.07, 6.45) is -5.53. The van der Waals surface area contributed by atoms with Crippen molar-refractivity contribution in [1.82, 2.24) is 5.01 Å². The molecule has 22 heavy (non-hydrogen) atoms. The molecule has 0 bridgehead atoms. The van der Waals surface area contributed by atoms with E-state index >= 15 is 0 Å². The van der Waals surface area contributed by atoms with E-state index in [0.29, 0.717) is 5.75 Å². The zero-order valence-electron chi connectivity index (χ0n) is 12.0. The molecule has 1 aliphatic rings. The smallest absolute Gasteiger partial charge is 0.438 e. The molecule has 5 nitrogen and oxygen atoms in total. The molecule has 1 aromatic rings. The number of carbonyl (C=O) groups is 1. The first-order chi connectivity index (χ1) is 10.2. The molecule has 0 spiro atoms. The van der Waals surface area contributed by atoms with E-state index in [1.165, 1.54) is 31.4 Å². The van der Waals surface area contributed by atoms with Crippen LogP contribution in [0.5, 0.6) is 5.75 Å². The van der Waals surface area contributed by atoms with Crippen LogP contribution in [0.15, 0.2) is 29.4 Å². The van der Waals surface area contributed by atoms with E-state index in [4.69, 9.17) is 4.74 Å². The van der Waals surface area contributed by atoms with Crippen LogP contribution in [-0.2, 0) is 0 Å². The van der Waals surface area contributed by atoms with Gasteiger partial charge in [0.15, 0.2) is 0 Å². The SMILES string of the molecule is CCC1=NN(C(=O)c2ccc(OC)cc2)[C@@](O)(C(F)(F)F)C1. The number of nitrogens with zero attached hydrogens (tertiary/aromatic N) is 2. The van der Waals surface area contributed by atoms with Crippen molar-refractivity contribution in [2.45, 2.75) is 31.7 Å². The third-order valence-corrected chi connectivity index (χ3v) is 3.43. The Morgan fingerprint density at radius 3 is 2.45 bits per heavy atom. The Morgan fingerprint density at radius 2 is 2.00 bits per heavy atom. The number of carbonyl (C=O) groups excluding carboxylic acids is 1. The number of alkyl halides is 3. The number of aliphatic hydroxyl groups is 1. The van der Waals surface area contributed by atoms with Crippen LogP contribution in [-0.4, -0.2) is 40.7 Å². The van der Waals surface area contributed by atoms with Crippen LogP contribution in [0.2, 0.25) is 0 Å². The highest BCUT2D eigenvalue weighted by atomic mass is 19.4. The molecular weight excluding hydrogens is 301 g/mol. The molecule has 1 amide bonds. The van der Waals surface area contributed by atoms with Crippen LogP contribution in [0, 0.1) is 0 Å². The monoisotopic (exact) mass is 316 g/mol. The molecule has 1 atom stereocenters. The van der Waals surface area contributed by atoms with Crippen molar-refractivity contribution < 1.29 is 27.8 Å². The third kappa shape index (κ3) is 2.66. The Hall–Kier alpha value is -2.09. The molecule has 1 N–H and O–H groups in total. The molecule has 120 valence electrons. The number of rotatable bonds is 3. The number of ether oxygens (including phenoxy) is 1. The van der Waals surface area contributed by atoms with Gasteiger partial charge in [0.2, 0.25) is 0 Å². The topological polar surface area (TPSA) is 62.1 Å². The van der Waals surface area contributed by atoms with E-state index in [2.05, 4.69) is 5.10 Å². The van der Waals surface area contributed by atoms with Gasteiger partial charge in [-0.3, -0.25) is 4.79 Å². The van der Waals surface area contributed by atoms with Gasteiger partial charge in [-0.2, -0.15) is 23.3 Å². The van der Waals surface area contributed by atoms with Gasteiger partial charge in [0, 0.05) is 17.7 Å². The van der Waals surface area contributed by atoms with Crippen LogP contribution >= 0.6 is 0 Å². The standard InChI is InChI=1S/C14H15F3N2O3/c1-3-10-8-13(21,14(15,16)17)19(18-10)12(20)9-4-6-11(22-2)7-5-9/h4-7,21H,3,8H2,1-2H3/t13-/m0/s1. The number of halogens is 3. The van der Waals surface area contributed by atoms with Crippen molar-refractivity contribution in [3.8, 4) is 5.75 Å². The summed E-state index contributed by atoms with van der Waals surface area (Å²) < 4.78 is 44.4. The molecule has 1 heterocycles. The predicted octanol–water partition coefficient (Wildman–Crippen LogP) is 2.56. The summed E-state index contributed by atoms with van der Waals surface area (Å²) >= 11 is 0. The van der Waals surface area contributed by atoms with Crippen LogP contribution in [0.3, 0.4) is 0 Å². The Kier molecular flexibility index (Phi) is 4.15. The number of hydrogen-bond acceptors (Lipinski definition) is 4.